The van der Waals surface area contributed by atoms with E-state index in [4.69, 9.17) is 13.8 Å². The Balaban J connectivity index is 2.21. The minimum atomic E-state index is -3.88. The molecular formula is C19H24NO5P. The van der Waals surface area contributed by atoms with Crippen LogP contribution in [0.15, 0.2) is 54.6 Å². The van der Waals surface area contributed by atoms with Gasteiger partial charge in [0.2, 0.25) is 0 Å². The summed E-state index contributed by atoms with van der Waals surface area (Å²) in [5.41, 5.74) is 1.04. The standard InChI is InChI=1S/C19H24NO5P/c1-14(2)23-19(21)16(4)20-26(22,24-17-8-6-5-7-9-17)25-18-12-10-15(3)11-13-18/h5-14,16H,1-4H3,(H,20,22)/t16-,26-/m0/s1. The molecule has 26 heavy (non-hydrogen) atoms. The second kappa shape index (κ2) is 8.88. The first-order chi connectivity index (χ1) is 12.3. The lowest BCUT2D eigenvalue weighted by molar-refractivity contribution is -0.149. The molecule has 0 saturated carbocycles. The first kappa shape index (κ1) is 20.0. The number of hydrogen-bond donors (Lipinski definition) is 1. The molecule has 0 saturated heterocycles. The van der Waals surface area contributed by atoms with Crippen molar-refractivity contribution < 1.29 is 23.1 Å². The lowest BCUT2D eigenvalue weighted by atomic mass is 10.2. The van der Waals surface area contributed by atoms with Crippen molar-refractivity contribution in [3.63, 3.8) is 0 Å². The Kier molecular flexibility index (Phi) is 6.83. The van der Waals surface area contributed by atoms with Crippen LogP contribution in [-0.4, -0.2) is 18.1 Å². The Hall–Kier alpha value is -2.30. The molecule has 0 aliphatic carbocycles. The van der Waals surface area contributed by atoms with E-state index < -0.39 is 19.8 Å². The third-order valence-electron chi connectivity index (χ3n) is 3.27. The van der Waals surface area contributed by atoms with Crippen molar-refractivity contribution in [3.8, 4) is 11.5 Å². The number of aryl methyl sites for hydroxylation is 1. The number of hydrogen-bond acceptors (Lipinski definition) is 5. The third kappa shape index (κ3) is 6.21. The number of rotatable bonds is 8. The Morgan fingerprint density at radius 1 is 0.923 bits per heavy atom. The summed E-state index contributed by atoms with van der Waals surface area (Å²) in [4.78, 5) is 12.1. The van der Waals surface area contributed by atoms with Crippen LogP contribution in [0.3, 0.4) is 0 Å². The highest BCUT2D eigenvalue weighted by atomic mass is 31.2. The molecular weight excluding hydrogens is 353 g/mol. The van der Waals surface area contributed by atoms with E-state index >= 15 is 0 Å². The predicted octanol–water partition coefficient (Wildman–Crippen LogP) is 4.49. The molecule has 1 N–H and O–H groups in total. The van der Waals surface area contributed by atoms with E-state index in [-0.39, 0.29) is 6.10 Å². The molecule has 0 aliphatic heterocycles. The number of benzene rings is 2. The van der Waals surface area contributed by atoms with Crippen molar-refractivity contribution in [2.45, 2.75) is 39.8 Å². The fourth-order valence-corrected chi connectivity index (χ4v) is 3.57. The van der Waals surface area contributed by atoms with Gasteiger partial charge in [0, 0.05) is 0 Å². The van der Waals surface area contributed by atoms with Gasteiger partial charge in [-0.15, -0.1) is 0 Å². The van der Waals surface area contributed by atoms with Crippen molar-refractivity contribution in [1.29, 1.82) is 0 Å². The Labute approximate surface area is 154 Å². The van der Waals surface area contributed by atoms with Crippen LogP contribution in [0.25, 0.3) is 0 Å². The van der Waals surface area contributed by atoms with Crippen LogP contribution in [0.1, 0.15) is 26.3 Å². The maximum atomic E-state index is 13.3. The molecule has 0 radical (unpaired) electrons. The number of ether oxygens (including phenoxy) is 1. The van der Waals surface area contributed by atoms with Gasteiger partial charge in [-0.3, -0.25) is 4.79 Å². The smallest absolute Gasteiger partial charge is 0.462 e. The summed E-state index contributed by atoms with van der Waals surface area (Å²) < 4.78 is 29.6. The minimum Gasteiger partial charge on any atom is -0.462 e. The lowest BCUT2D eigenvalue weighted by Crippen LogP contribution is -2.36. The van der Waals surface area contributed by atoms with E-state index in [1.807, 2.05) is 25.1 Å². The van der Waals surface area contributed by atoms with Crippen LogP contribution in [0.4, 0.5) is 0 Å². The van der Waals surface area contributed by atoms with Crippen LogP contribution < -0.4 is 14.1 Å². The van der Waals surface area contributed by atoms with Gasteiger partial charge in [-0.05, 0) is 52.0 Å². The second-order valence-corrected chi connectivity index (χ2v) is 7.76. The molecule has 7 heteroatoms. The molecule has 2 aromatic carbocycles. The summed E-state index contributed by atoms with van der Waals surface area (Å²) in [5, 5.41) is 2.65. The Morgan fingerprint density at radius 2 is 1.46 bits per heavy atom. The predicted molar refractivity (Wildman–Crippen MR) is 100 cm³/mol. The van der Waals surface area contributed by atoms with E-state index in [0.29, 0.717) is 11.5 Å². The van der Waals surface area contributed by atoms with E-state index in [2.05, 4.69) is 5.09 Å². The molecule has 0 unspecified atom stereocenters. The van der Waals surface area contributed by atoms with E-state index in [0.717, 1.165) is 5.56 Å². The van der Waals surface area contributed by atoms with Crippen LogP contribution >= 0.6 is 7.75 Å². The maximum absolute atomic E-state index is 13.3. The molecule has 2 rings (SSSR count). The zero-order valence-electron chi connectivity index (χ0n) is 15.3. The molecule has 2 aromatic rings. The molecule has 0 spiro atoms. The van der Waals surface area contributed by atoms with Crippen LogP contribution in [0, 0.1) is 6.92 Å². The second-order valence-electron chi connectivity index (χ2n) is 6.14. The number of carbonyl (C=O) groups excluding carboxylic acids is 1. The molecule has 0 heterocycles. The Bertz CT molecular complexity index is 761. The summed E-state index contributed by atoms with van der Waals surface area (Å²) in [7, 11) is -3.88. The zero-order valence-corrected chi connectivity index (χ0v) is 16.2. The van der Waals surface area contributed by atoms with Crippen LogP contribution in [0.2, 0.25) is 0 Å². The van der Waals surface area contributed by atoms with Crippen molar-refractivity contribution >= 4 is 13.7 Å². The highest BCUT2D eigenvalue weighted by Gasteiger charge is 2.34. The molecule has 2 atom stereocenters. The molecule has 6 nitrogen and oxygen atoms in total. The van der Waals surface area contributed by atoms with Crippen molar-refractivity contribution in [1.82, 2.24) is 5.09 Å². The van der Waals surface area contributed by atoms with Crippen LogP contribution in [-0.2, 0) is 14.1 Å². The average Bonchev–Trinajstić information content (AvgIpc) is 2.57. The fourth-order valence-electron chi connectivity index (χ4n) is 2.05. The van der Waals surface area contributed by atoms with Crippen molar-refractivity contribution in [2.75, 3.05) is 0 Å². The van der Waals surface area contributed by atoms with Gasteiger partial charge in [0.1, 0.15) is 17.5 Å². The largest absolute Gasteiger partial charge is 0.513 e. The topological polar surface area (TPSA) is 73.9 Å². The summed E-state index contributed by atoms with van der Waals surface area (Å²) in [6.45, 7) is 6.97. The van der Waals surface area contributed by atoms with Crippen molar-refractivity contribution in [2.24, 2.45) is 0 Å². The summed E-state index contributed by atoms with van der Waals surface area (Å²) in [6.07, 6.45) is -0.279. The number of carbonyl (C=O) groups is 1. The van der Waals surface area contributed by atoms with Gasteiger partial charge in [-0.25, -0.2) is 4.57 Å². The quantitative estimate of drug-likeness (QED) is 0.540. The van der Waals surface area contributed by atoms with E-state index in [1.54, 1.807) is 57.2 Å². The third-order valence-corrected chi connectivity index (χ3v) is 4.88. The summed E-state index contributed by atoms with van der Waals surface area (Å²) in [6, 6.07) is 14.8. The normalized spacial score (nSPS) is 14.3. The van der Waals surface area contributed by atoms with Gasteiger partial charge in [0.25, 0.3) is 0 Å². The molecule has 0 aliphatic rings. The monoisotopic (exact) mass is 377 g/mol. The number of esters is 1. The zero-order chi connectivity index (χ0) is 19.2. The first-order valence-corrected chi connectivity index (χ1v) is 9.91. The Morgan fingerprint density at radius 3 is 2.00 bits per heavy atom. The van der Waals surface area contributed by atoms with Gasteiger partial charge in [0.05, 0.1) is 6.10 Å². The highest BCUT2D eigenvalue weighted by molar-refractivity contribution is 7.52. The van der Waals surface area contributed by atoms with Gasteiger partial charge in [-0.2, -0.15) is 5.09 Å². The molecule has 0 aromatic heterocycles. The lowest BCUT2D eigenvalue weighted by Gasteiger charge is -2.23. The molecule has 0 fully saturated rings. The SMILES string of the molecule is Cc1ccc(O[P@](=O)(N[C@@H](C)C(=O)OC(C)C)Oc2ccccc2)cc1. The summed E-state index contributed by atoms with van der Waals surface area (Å²) in [5.74, 6) is 0.191. The molecule has 0 bridgehead atoms. The summed E-state index contributed by atoms with van der Waals surface area (Å²) >= 11 is 0. The molecule has 0 amide bonds. The van der Waals surface area contributed by atoms with Gasteiger partial charge >= 0.3 is 13.7 Å². The van der Waals surface area contributed by atoms with Crippen LogP contribution in [0.5, 0.6) is 11.5 Å². The average molecular weight is 377 g/mol. The van der Waals surface area contributed by atoms with Gasteiger partial charge in [0.15, 0.2) is 0 Å². The maximum Gasteiger partial charge on any atom is 0.513 e. The van der Waals surface area contributed by atoms with E-state index in [9.17, 15) is 9.36 Å². The van der Waals surface area contributed by atoms with Crippen molar-refractivity contribution in [3.05, 3.63) is 60.2 Å². The number of para-hydroxylation sites is 1. The molecule has 140 valence electrons. The van der Waals surface area contributed by atoms with Gasteiger partial charge in [-0.1, -0.05) is 35.9 Å². The fraction of sp³-hybridized carbons (Fsp3) is 0.316. The number of nitrogens with one attached hydrogen (secondary N) is 1. The highest BCUT2D eigenvalue weighted by Crippen LogP contribution is 2.45. The minimum absolute atomic E-state index is 0.279. The van der Waals surface area contributed by atoms with E-state index in [1.165, 1.54) is 0 Å². The van der Waals surface area contributed by atoms with Gasteiger partial charge < -0.3 is 13.8 Å². The first-order valence-electron chi connectivity index (χ1n) is 8.36.